The molecule has 0 aliphatic carbocycles. The van der Waals surface area contributed by atoms with Gasteiger partial charge in [-0.25, -0.2) is 4.79 Å². The zero-order valence-electron chi connectivity index (χ0n) is 18.4. The minimum atomic E-state index is -0.253. The van der Waals surface area contributed by atoms with Gasteiger partial charge in [0.15, 0.2) is 0 Å². The molecule has 0 bridgehead atoms. The Bertz CT molecular complexity index is 991. The highest BCUT2D eigenvalue weighted by Gasteiger charge is 2.27. The van der Waals surface area contributed by atoms with E-state index in [-0.39, 0.29) is 23.1 Å². The summed E-state index contributed by atoms with van der Waals surface area (Å²) in [4.78, 5) is 41.0. The zero-order chi connectivity index (χ0) is 23.3. The van der Waals surface area contributed by atoms with E-state index in [0.29, 0.717) is 36.9 Å². The summed E-state index contributed by atoms with van der Waals surface area (Å²) in [5.41, 5.74) is 2.33. The number of hydrogen-bond acceptors (Lipinski definition) is 4. The summed E-state index contributed by atoms with van der Waals surface area (Å²) in [6.07, 6.45) is 0. The number of rotatable bonds is 5. The van der Waals surface area contributed by atoms with Crippen molar-refractivity contribution in [2.75, 3.05) is 36.8 Å². The van der Waals surface area contributed by atoms with Crippen LogP contribution in [0.15, 0.2) is 47.4 Å². The van der Waals surface area contributed by atoms with Gasteiger partial charge in [0, 0.05) is 54.4 Å². The number of halogens is 1. The molecule has 1 aliphatic heterocycles. The topological polar surface area (TPSA) is 81.8 Å². The van der Waals surface area contributed by atoms with Crippen LogP contribution in [0.2, 0.25) is 5.02 Å². The van der Waals surface area contributed by atoms with E-state index in [9.17, 15) is 14.4 Å². The smallest absolute Gasteiger partial charge is 0.321 e. The van der Waals surface area contributed by atoms with E-state index in [1.807, 2.05) is 50.2 Å². The number of carbonyl (C=O) groups excluding carboxylic acids is 3. The van der Waals surface area contributed by atoms with Crippen LogP contribution in [0.5, 0.6) is 0 Å². The Morgan fingerprint density at radius 1 is 0.938 bits per heavy atom. The third-order valence-corrected chi connectivity index (χ3v) is 6.64. The van der Waals surface area contributed by atoms with Crippen LogP contribution in [0.3, 0.4) is 0 Å². The van der Waals surface area contributed by atoms with Gasteiger partial charge in [-0.2, -0.15) is 0 Å². The number of hydrogen-bond donors (Lipinski definition) is 2. The van der Waals surface area contributed by atoms with Crippen LogP contribution in [0.25, 0.3) is 0 Å². The maximum atomic E-state index is 12.9. The maximum absolute atomic E-state index is 12.9. The number of thioether (sulfide) groups is 1. The molecule has 0 spiro atoms. The number of nitrogens with one attached hydrogen (secondary N) is 2. The molecule has 9 heteroatoms. The fourth-order valence-electron chi connectivity index (χ4n) is 3.33. The average Bonchev–Trinajstić information content (AvgIpc) is 2.77. The molecular formula is C23H27ClN4O3S. The summed E-state index contributed by atoms with van der Waals surface area (Å²) in [6, 6.07) is 12.6. The number of nitrogens with zero attached hydrogens (tertiary/aromatic N) is 2. The van der Waals surface area contributed by atoms with Crippen molar-refractivity contribution in [1.29, 1.82) is 0 Å². The van der Waals surface area contributed by atoms with E-state index in [4.69, 9.17) is 11.6 Å². The fraction of sp³-hybridized carbons (Fsp3) is 0.348. The first-order valence-electron chi connectivity index (χ1n) is 10.4. The molecule has 1 unspecified atom stereocenters. The van der Waals surface area contributed by atoms with E-state index in [1.165, 1.54) is 18.7 Å². The number of anilines is 2. The quantitative estimate of drug-likeness (QED) is 0.626. The van der Waals surface area contributed by atoms with Crippen LogP contribution in [0.1, 0.15) is 19.4 Å². The molecule has 2 aromatic carbocycles. The molecule has 3 rings (SSSR count). The molecule has 0 radical (unpaired) electrons. The van der Waals surface area contributed by atoms with Gasteiger partial charge in [0.1, 0.15) is 0 Å². The molecule has 0 aromatic heterocycles. The van der Waals surface area contributed by atoms with E-state index < -0.39 is 0 Å². The van der Waals surface area contributed by atoms with Gasteiger partial charge in [-0.15, -0.1) is 11.8 Å². The van der Waals surface area contributed by atoms with Crippen molar-refractivity contribution in [1.82, 2.24) is 9.80 Å². The minimum absolute atomic E-state index is 0.0475. The van der Waals surface area contributed by atoms with Crippen molar-refractivity contribution < 1.29 is 14.4 Å². The summed E-state index contributed by atoms with van der Waals surface area (Å²) in [5.74, 6) is -0.0734. The summed E-state index contributed by atoms with van der Waals surface area (Å²) >= 11 is 7.60. The summed E-state index contributed by atoms with van der Waals surface area (Å²) < 4.78 is 0. The lowest BCUT2D eigenvalue weighted by Crippen LogP contribution is -2.53. The molecule has 1 fully saturated rings. The van der Waals surface area contributed by atoms with E-state index >= 15 is 0 Å². The highest BCUT2D eigenvalue weighted by molar-refractivity contribution is 8.00. The molecule has 32 heavy (non-hydrogen) atoms. The highest BCUT2D eigenvalue weighted by Crippen LogP contribution is 2.26. The van der Waals surface area contributed by atoms with Crippen molar-refractivity contribution in [2.45, 2.75) is 30.9 Å². The van der Waals surface area contributed by atoms with E-state index in [0.717, 1.165) is 16.1 Å². The Morgan fingerprint density at radius 2 is 1.53 bits per heavy atom. The number of aryl methyl sites for hydroxylation is 1. The first-order valence-corrected chi connectivity index (χ1v) is 11.6. The maximum Gasteiger partial charge on any atom is 0.321 e. The Kier molecular flexibility index (Phi) is 8.04. The molecule has 1 atom stereocenters. The lowest BCUT2D eigenvalue weighted by molar-refractivity contribution is -0.131. The van der Waals surface area contributed by atoms with Gasteiger partial charge in [0.25, 0.3) is 0 Å². The molecule has 7 nitrogen and oxygen atoms in total. The number of urea groups is 1. The van der Waals surface area contributed by atoms with Crippen LogP contribution in [0.4, 0.5) is 16.2 Å². The van der Waals surface area contributed by atoms with Crippen molar-refractivity contribution in [3.8, 4) is 0 Å². The van der Waals surface area contributed by atoms with Gasteiger partial charge >= 0.3 is 6.03 Å². The second-order valence-corrected chi connectivity index (χ2v) is 9.49. The molecule has 1 saturated heterocycles. The Hall–Kier alpha value is -2.71. The first-order chi connectivity index (χ1) is 15.2. The predicted molar refractivity (Wildman–Crippen MR) is 129 cm³/mol. The number of carbonyl (C=O) groups is 3. The predicted octanol–water partition coefficient (Wildman–Crippen LogP) is 4.46. The van der Waals surface area contributed by atoms with Gasteiger partial charge in [0.05, 0.1) is 5.25 Å². The van der Waals surface area contributed by atoms with Crippen LogP contribution in [-0.4, -0.2) is 59.1 Å². The van der Waals surface area contributed by atoms with E-state index in [2.05, 4.69) is 10.6 Å². The minimum Gasteiger partial charge on any atom is -0.338 e. The molecule has 0 saturated carbocycles. The number of amides is 4. The van der Waals surface area contributed by atoms with Gasteiger partial charge in [-0.1, -0.05) is 17.7 Å². The lowest BCUT2D eigenvalue weighted by Gasteiger charge is -2.35. The Morgan fingerprint density at radius 3 is 2.12 bits per heavy atom. The molecule has 1 heterocycles. The Balaban J connectivity index is 1.48. The van der Waals surface area contributed by atoms with Crippen LogP contribution in [0, 0.1) is 6.92 Å². The first kappa shape index (κ1) is 23.9. The number of benzene rings is 2. The standard InChI is InChI=1S/C23H27ClN4O3S/c1-15-4-5-19(14-21(15)24)26-23(31)28-12-10-27(11-13-28)22(30)16(2)32-20-8-6-18(7-9-20)25-17(3)29/h4-9,14,16H,10-13H2,1-3H3,(H,25,29)(H,26,31). The third kappa shape index (κ3) is 6.40. The van der Waals surface area contributed by atoms with Crippen molar-refractivity contribution in [3.63, 3.8) is 0 Å². The van der Waals surface area contributed by atoms with Crippen LogP contribution in [-0.2, 0) is 9.59 Å². The molecule has 2 aromatic rings. The van der Waals surface area contributed by atoms with Crippen molar-refractivity contribution >= 4 is 52.6 Å². The van der Waals surface area contributed by atoms with Crippen molar-refractivity contribution in [3.05, 3.63) is 53.1 Å². The monoisotopic (exact) mass is 474 g/mol. The largest absolute Gasteiger partial charge is 0.338 e. The highest BCUT2D eigenvalue weighted by atomic mass is 35.5. The van der Waals surface area contributed by atoms with E-state index in [1.54, 1.807) is 15.9 Å². The van der Waals surface area contributed by atoms with Gasteiger partial charge in [-0.05, 0) is 55.8 Å². The lowest BCUT2D eigenvalue weighted by atomic mass is 10.2. The van der Waals surface area contributed by atoms with Crippen molar-refractivity contribution in [2.24, 2.45) is 0 Å². The average molecular weight is 475 g/mol. The van der Waals surface area contributed by atoms with Gasteiger partial charge < -0.3 is 20.4 Å². The molecule has 4 amide bonds. The summed E-state index contributed by atoms with van der Waals surface area (Å²) in [6.45, 7) is 7.19. The molecule has 170 valence electrons. The summed E-state index contributed by atoms with van der Waals surface area (Å²) in [5, 5.41) is 5.94. The second kappa shape index (κ2) is 10.7. The Labute approximate surface area is 197 Å². The zero-order valence-corrected chi connectivity index (χ0v) is 19.9. The van der Waals surface area contributed by atoms with Gasteiger partial charge in [-0.3, -0.25) is 9.59 Å². The normalized spacial score (nSPS) is 14.6. The molecule has 1 aliphatic rings. The van der Waals surface area contributed by atoms with Gasteiger partial charge in [0.2, 0.25) is 11.8 Å². The molecule has 2 N–H and O–H groups in total. The summed E-state index contributed by atoms with van der Waals surface area (Å²) in [7, 11) is 0. The number of piperazine rings is 1. The SMILES string of the molecule is CC(=O)Nc1ccc(SC(C)C(=O)N2CCN(C(=O)Nc3ccc(C)c(Cl)c3)CC2)cc1. The fourth-order valence-corrected chi connectivity index (χ4v) is 4.47. The third-order valence-electron chi connectivity index (χ3n) is 5.14. The molecular weight excluding hydrogens is 448 g/mol. The second-order valence-electron chi connectivity index (χ2n) is 7.67. The van der Waals surface area contributed by atoms with Crippen LogP contribution >= 0.6 is 23.4 Å². The van der Waals surface area contributed by atoms with Crippen LogP contribution < -0.4 is 10.6 Å².